The van der Waals surface area contributed by atoms with E-state index in [0.717, 1.165) is 48.6 Å². The van der Waals surface area contributed by atoms with Crippen LogP contribution in [0.1, 0.15) is 43.2 Å². The highest BCUT2D eigenvalue weighted by Crippen LogP contribution is 2.30. The lowest BCUT2D eigenvalue weighted by atomic mass is 9.86. The first-order chi connectivity index (χ1) is 14.9. The van der Waals surface area contributed by atoms with Gasteiger partial charge in [0.15, 0.2) is 0 Å². The van der Waals surface area contributed by atoms with Crippen LogP contribution in [0, 0.1) is 0 Å². The molecule has 0 radical (unpaired) electrons. The van der Waals surface area contributed by atoms with Gasteiger partial charge in [0.2, 0.25) is 0 Å². The van der Waals surface area contributed by atoms with Gasteiger partial charge in [0.25, 0.3) is 0 Å². The van der Waals surface area contributed by atoms with Gasteiger partial charge in [-0.2, -0.15) is 0 Å². The Labute approximate surface area is 184 Å². The molecule has 1 aliphatic rings. The molecular formula is C27H30N4. The fourth-order valence-electron chi connectivity index (χ4n) is 4.52. The minimum Gasteiger partial charge on any atom is -0.398 e. The number of fused-ring (bicyclic) bond motifs is 2. The Kier molecular flexibility index (Phi) is 4.82. The highest BCUT2D eigenvalue weighted by atomic mass is 15.2. The van der Waals surface area contributed by atoms with Crippen molar-refractivity contribution in [2.75, 3.05) is 12.3 Å². The highest BCUT2D eigenvalue weighted by molar-refractivity contribution is 5.68. The molecule has 2 aromatic carbocycles. The van der Waals surface area contributed by atoms with Gasteiger partial charge in [-0.3, -0.25) is 4.90 Å². The van der Waals surface area contributed by atoms with Crippen molar-refractivity contribution >= 4 is 11.3 Å². The Morgan fingerprint density at radius 3 is 2.42 bits per heavy atom. The zero-order valence-electron chi connectivity index (χ0n) is 18.6. The number of rotatable bonds is 3. The topological polar surface area (TPSA) is 46.6 Å². The van der Waals surface area contributed by atoms with Crippen molar-refractivity contribution in [3.8, 4) is 11.3 Å². The minimum atomic E-state index is 0.135. The summed E-state index contributed by atoms with van der Waals surface area (Å²) in [6.45, 7) is 9.60. The normalized spacial score (nSPS) is 14.7. The van der Waals surface area contributed by atoms with E-state index in [1.54, 1.807) is 0 Å². The molecule has 0 unspecified atom stereocenters. The number of nitrogens with zero attached hydrogens (tertiary/aromatic N) is 3. The molecule has 0 amide bonds. The zero-order valence-corrected chi connectivity index (χ0v) is 18.6. The van der Waals surface area contributed by atoms with Gasteiger partial charge in [0.1, 0.15) is 5.65 Å². The molecule has 4 heteroatoms. The third-order valence-corrected chi connectivity index (χ3v) is 6.35. The molecule has 2 aromatic heterocycles. The molecule has 158 valence electrons. The van der Waals surface area contributed by atoms with Crippen LogP contribution in [-0.2, 0) is 24.9 Å². The fourth-order valence-corrected chi connectivity index (χ4v) is 4.52. The SMILES string of the molecule is CC(C)(C)c1ccc(-c2nc3ccc(N)cn3c2CN2CCc3ccccc3C2)cc1. The van der Waals surface area contributed by atoms with Gasteiger partial charge in [-0.15, -0.1) is 0 Å². The average molecular weight is 411 g/mol. The molecular weight excluding hydrogens is 380 g/mol. The molecule has 0 spiro atoms. The number of nitrogen functional groups attached to an aromatic ring is 1. The summed E-state index contributed by atoms with van der Waals surface area (Å²) < 4.78 is 2.17. The first-order valence-electron chi connectivity index (χ1n) is 11.0. The number of nitrogens with two attached hydrogens (primary N) is 1. The molecule has 2 N–H and O–H groups in total. The molecule has 31 heavy (non-hydrogen) atoms. The van der Waals surface area contributed by atoms with E-state index >= 15 is 0 Å². The summed E-state index contributed by atoms with van der Waals surface area (Å²) in [5, 5.41) is 0. The van der Waals surface area contributed by atoms with Crippen LogP contribution in [0.5, 0.6) is 0 Å². The third kappa shape index (κ3) is 3.84. The Morgan fingerprint density at radius 1 is 0.935 bits per heavy atom. The van der Waals surface area contributed by atoms with Crippen LogP contribution in [0.2, 0.25) is 0 Å². The molecule has 0 aliphatic carbocycles. The van der Waals surface area contributed by atoms with Crippen LogP contribution in [0.15, 0.2) is 66.9 Å². The van der Waals surface area contributed by atoms with E-state index in [2.05, 4.69) is 78.6 Å². The second kappa shape index (κ2) is 7.54. The second-order valence-electron chi connectivity index (χ2n) is 9.65. The maximum absolute atomic E-state index is 6.14. The van der Waals surface area contributed by atoms with Crippen LogP contribution in [0.3, 0.4) is 0 Å². The van der Waals surface area contributed by atoms with E-state index in [1.807, 2.05) is 18.3 Å². The van der Waals surface area contributed by atoms with Crippen molar-refractivity contribution in [1.82, 2.24) is 14.3 Å². The lowest BCUT2D eigenvalue weighted by Gasteiger charge is -2.28. The summed E-state index contributed by atoms with van der Waals surface area (Å²) in [4.78, 5) is 7.52. The van der Waals surface area contributed by atoms with Crippen molar-refractivity contribution in [3.63, 3.8) is 0 Å². The summed E-state index contributed by atoms with van der Waals surface area (Å²) in [6, 6.07) is 21.6. The molecule has 0 saturated heterocycles. The molecule has 3 heterocycles. The van der Waals surface area contributed by atoms with E-state index in [1.165, 1.54) is 22.4 Å². The number of hydrogen-bond acceptors (Lipinski definition) is 3. The lowest BCUT2D eigenvalue weighted by molar-refractivity contribution is 0.242. The summed E-state index contributed by atoms with van der Waals surface area (Å²) >= 11 is 0. The first kappa shape index (κ1) is 19.8. The van der Waals surface area contributed by atoms with Crippen molar-refractivity contribution in [1.29, 1.82) is 0 Å². The van der Waals surface area contributed by atoms with Gasteiger partial charge in [0, 0.05) is 37.1 Å². The van der Waals surface area contributed by atoms with E-state index in [4.69, 9.17) is 10.7 Å². The number of anilines is 1. The van der Waals surface area contributed by atoms with Gasteiger partial charge in [-0.05, 0) is 40.7 Å². The van der Waals surface area contributed by atoms with Gasteiger partial charge in [-0.1, -0.05) is 69.3 Å². The van der Waals surface area contributed by atoms with Gasteiger partial charge in [0.05, 0.1) is 11.4 Å². The van der Waals surface area contributed by atoms with E-state index < -0.39 is 0 Å². The third-order valence-electron chi connectivity index (χ3n) is 6.35. The number of aromatic nitrogens is 2. The highest BCUT2D eigenvalue weighted by Gasteiger charge is 2.21. The Bertz CT molecular complexity index is 1230. The van der Waals surface area contributed by atoms with Crippen LogP contribution < -0.4 is 5.73 Å². The standard InChI is InChI=1S/C27H30N4/c1-27(2,3)22-10-8-20(9-11-22)26-24(31-17-23(28)12-13-25(31)29-26)18-30-15-14-19-6-4-5-7-21(19)16-30/h4-13,17H,14-16,18,28H2,1-3H3. The lowest BCUT2D eigenvalue weighted by Crippen LogP contribution is -2.30. The Hall–Kier alpha value is -3.11. The minimum absolute atomic E-state index is 0.135. The molecule has 5 rings (SSSR count). The molecule has 0 bridgehead atoms. The van der Waals surface area contributed by atoms with Crippen molar-refractivity contribution in [3.05, 3.63) is 89.2 Å². The summed E-state index contributed by atoms with van der Waals surface area (Å²) in [5.41, 5.74) is 15.6. The summed E-state index contributed by atoms with van der Waals surface area (Å²) in [6.07, 6.45) is 3.09. The zero-order chi connectivity index (χ0) is 21.6. The molecule has 0 fully saturated rings. The number of hydrogen-bond donors (Lipinski definition) is 1. The molecule has 4 aromatic rings. The molecule has 4 nitrogen and oxygen atoms in total. The second-order valence-corrected chi connectivity index (χ2v) is 9.65. The molecule has 0 atom stereocenters. The number of benzene rings is 2. The largest absolute Gasteiger partial charge is 0.398 e. The first-order valence-corrected chi connectivity index (χ1v) is 11.0. The van der Waals surface area contributed by atoms with Crippen LogP contribution in [-0.4, -0.2) is 20.8 Å². The number of imidazole rings is 1. The van der Waals surface area contributed by atoms with Crippen LogP contribution >= 0.6 is 0 Å². The van der Waals surface area contributed by atoms with Gasteiger partial charge in [-0.25, -0.2) is 4.98 Å². The predicted octanol–water partition coefficient (Wildman–Crippen LogP) is 5.44. The van der Waals surface area contributed by atoms with Gasteiger partial charge >= 0.3 is 0 Å². The maximum atomic E-state index is 6.14. The molecule has 0 saturated carbocycles. The van der Waals surface area contributed by atoms with Gasteiger partial charge < -0.3 is 10.1 Å². The summed E-state index contributed by atoms with van der Waals surface area (Å²) in [7, 11) is 0. The monoisotopic (exact) mass is 410 g/mol. The van der Waals surface area contributed by atoms with E-state index in [-0.39, 0.29) is 5.41 Å². The summed E-state index contributed by atoms with van der Waals surface area (Å²) in [5.74, 6) is 0. The van der Waals surface area contributed by atoms with E-state index in [0.29, 0.717) is 0 Å². The van der Waals surface area contributed by atoms with E-state index in [9.17, 15) is 0 Å². The average Bonchev–Trinajstić information content (AvgIpc) is 3.10. The smallest absolute Gasteiger partial charge is 0.137 e. The van der Waals surface area contributed by atoms with Crippen LogP contribution in [0.25, 0.3) is 16.9 Å². The Morgan fingerprint density at radius 2 is 1.68 bits per heavy atom. The fraction of sp³-hybridized carbons (Fsp3) is 0.296. The predicted molar refractivity (Wildman–Crippen MR) is 128 cm³/mol. The maximum Gasteiger partial charge on any atom is 0.137 e. The van der Waals surface area contributed by atoms with Crippen LogP contribution in [0.4, 0.5) is 5.69 Å². The Balaban J connectivity index is 1.54. The van der Waals surface area contributed by atoms with Crippen molar-refractivity contribution in [2.24, 2.45) is 0 Å². The van der Waals surface area contributed by atoms with Crippen molar-refractivity contribution in [2.45, 2.75) is 45.7 Å². The molecule has 1 aliphatic heterocycles. The van der Waals surface area contributed by atoms with Crippen molar-refractivity contribution < 1.29 is 0 Å². The number of pyridine rings is 1. The quantitative estimate of drug-likeness (QED) is 0.489.